The van der Waals surface area contributed by atoms with Gasteiger partial charge in [-0.3, -0.25) is 4.79 Å². The van der Waals surface area contributed by atoms with Crippen molar-refractivity contribution in [2.24, 2.45) is 0 Å². The van der Waals surface area contributed by atoms with Gasteiger partial charge in [0.25, 0.3) is 5.91 Å². The summed E-state index contributed by atoms with van der Waals surface area (Å²) >= 11 is 0. The minimum atomic E-state index is -0.640. The minimum Gasteiger partial charge on any atom is -0.481 e. The van der Waals surface area contributed by atoms with Crippen molar-refractivity contribution < 1.29 is 14.6 Å². The summed E-state index contributed by atoms with van der Waals surface area (Å²) in [6.45, 7) is 9.21. The van der Waals surface area contributed by atoms with E-state index >= 15 is 0 Å². The molecule has 4 nitrogen and oxygen atoms in total. The fourth-order valence-electron chi connectivity index (χ4n) is 1.65. The van der Waals surface area contributed by atoms with Crippen molar-refractivity contribution in [3.8, 4) is 5.75 Å². The minimum absolute atomic E-state index is 0.210. The largest absolute Gasteiger partial charge is 0.481 e. The highest BCUT2D eigenvalue weighted by Gasteiger charge is 2.17. The second-order valence-corrected chi connectivity index (χ2v) is 4.51. The molecular weight excluding hydrogens is 242 g/mol. The molecule has 1 unspecified atom stereocenters. The predicted octanol–water partition coefficient (Wildman–Crippen LogP) is 2.12. The number of aliphatic hydroxyl groups excluding tert-OH is 1. The molecule has 19 heavy (non-hydrogen) atoms. The molecule has 1 aromatic rings. The van der Waals surface area contributed by atoms with E-state index in [0.717, 1.165) is 5.56 Å². The molecule has 0 aliphatic heterocycles. The van der Waals surface area contributed by atoms with Crippen LogP contribution in [0.3, 0.4) is 0 Å². The zero-order valence-electron chi connectivity index (χ0n) is 11.6. The highest BCUT2D eigenvalue weighted by Crippen LogP contribution is 2.27. The van der Waals surface area contributed by atoms with E-state index in [9.17, 15) is 9.90 Å². The number of benzene rings is 1. The van der Waals surface area contributed by atoms with Gasteiger partial charge in [0.05, 0.1) is 6.10 Å². The van der Waals surface area contributed by atoms with Gasteiger partial charge in [-0.05, 0) is 32.4 Å². The molecule has 0 bridgehead atoms. The molecule has 1 aromatic carbocycles. The van der Waals surface area contributed by atoms with Gasteiger partial charge < -0.3 is 15.2 Å². The molecule has 1 rings (SSSR count). The first kappa shape index (κ1) is 15.2. The van der Waals surface area contributed by atoms with Gasteiger partial charge in [0.15, 0.2) is 6.10 Å². The lowest BCUT2D eigenvalue weighted by molar-refractivity contribution is -0.127. The molecule has 0 saturated carbocycles. The van der Waals surface area contributed by atoms with Crippen molar-refractivity contribution in [3.05, 3.63) is 42.0 Å². The number of carbonyl (C=O) groups excluding carboxylic acids is 1. The third kappa shape index (κ3) is 4.41. The van der Waals surface area contributed by atoms with Crippen LogP contribution in [0.15, 0.2) is 30.9 Å². The van der Waals surface area contributed by atoms with Gasteiger partial charge in [0, 0.05) is 12.1 Å². The van der Waals surface area contributed by atoms with Gasteiger partial charge in [-0.1, -0.05) is 18.2 Å². The average Bonchev–Trinajstić information content (AvgIpc) is 2.35. The van der Waals surface area contributed by atoms with Gasteiger partial charge in [-0.15, -0.1) is 6.58 Å². The van der Waals surface area contributed by atoms with Crippen LogP contribution in [0.25, 0.3) is 0 Å². The quantitative estimate of drug-likeness (QED) is 0.773. The fourth-order valence-corrected chi connectivity index (χ4v) is 1.65. The Kier molecular flexibility index (Phi) is 5.57. The molecule has 0 aliphatic rings. The molecule has 0 heterocycles. The molecule has 0 saturated heterocycles. The van der Waals surface area contributed by atoms with Crippen LogP contribution in [-0.2, 0) is 4.79 Å². The molecular formula is C15H21NO3. The Labute approximate surface area is 114 Å². The van der Waals surface area contributed by atoms with Crippen molar-refractivity contribution in [1.29, 1.82) is 0 Å². The lowest BCUT2D eigenvalue weighted by Gasteiger charge is -2.18. The smallest absolute Gasteiger partial charge is 0.261 e. The van der Waals surface area contributed by atoms with Crippen molar-refractivity contribution >= 4 is 5.91 Å². The summed E-state index contributed by atoms with van der Waals surface area (Å²) in [6, 6.07) is 5.53. The summed E-state index contributed by atoms with van der Waals surface area (Å²) < 4.78 is 5.64. The summed E-state index contributed by atoms with van der Waals surface area (Å²) in [5.41, 5.74) is 1.69. The zero-order chi connectivity index (χ0) is 14.4. The van der Waals surface area contributed by atoms with E-state index in [1.165, 1.54) is 0 Å². The van der Waals surface area contributed by atoms with Crippen molar-refractivity contribution in [2.45, 2.75) is 33.0 Å². The molecule has 0 aliphatic carbocycles. The molecule has 0 fully saturated rings. The van der Waals surface area contributed by atoms with Gasteiger partial charge in [-0.2, -0.15) is 0 Å². The maximum absolute atomic E-state index is 11.7. The number of amides is 1. The monoisotopic (exact) mass is 263 g/mol. The summed E-state index contributed by atoms with van der Waals surface area (Å²) in [5, 5.41) is 12.4. The first-order chi connectivity index (χ1) is 8.95. The second-order valence-electron chi connectivity index (χ2n) is 4.51. The van der Waals surface area contributed by atoms with Gasteiger partial charge >= 0.3 is 0 Å². The first-order valence-electron chi connectivity index (χ1n) is 6.29. The Morgan fingerprint density at radius 1 is 1.53 bits per heavy atom. The van der Waals surface area contributed by atoms with Crippen LogP contribution >= 0.6 is 0 Å². The van der Waals surface area contributed by atoms with E-state index in [2.05, 4.69) is 11.9 Å². The zero-order valence-corrected chi connectivity index (χ0v) is 11.6. The molecule has 104 valence electrons. The highest BCUT2D eigenvalue weighted by molar-refractivity contribution is 5.80. The third-order valence-electron chi connectivity index (χ3n) is 2.71. The van der Waals surface area contributed by atoms with E-state index < -0.39 is 12.2 Å². The number of aryl methyl sites for hydroxylation is 1. The maximum atomic E-state index is 11.7. The van der Waals surface area contributed by atoms with E-state index in [1.54, 1.807) is 19.9 Å². The second kappa shape index (κ2) is 6.95. The van der Waals surface area contributed by atoms with Gasteiger partial charge in [0.2, 0.25) is 0 Å². The van der Waals surface area contributed by atoms with E-state index in [0.29, 0.717) is 17.9 Å². The van der Waals surface area contributed by atoms with E-state index in [1.807, 2.05) is 25.1 Å². The van der Waals surface area contributed by atoms with Crippen LogP contribution in [-0.4, -0.2) is 23.7 Å². The van der Waals surface area contributed by atoms with Crippen LogP contribution in [0.4, 0.5) is 0 Å². The number of aliphatic hydroxyl groups is 1. The van der Waals surface area contributed by atoms with Crippen LogP contribution in [0.2, 0.25) is 0 Å². The Hall–Kier alpha value is -1.81. The van der Waals surface area contributed by atoms with E-state index in [4.69, 9.17) is 4.74 Å². The van der Waals surface area contributed by atoms with Crippen LogP contribution in [0.5, 0.6) is 5.75 Å². The van der Waals surface area contributed by atoms with Crippen molar-refractivity contribution in [2.75, 3.05) is 6.54 Å². The molecule has 4 heteroatoms. The van der Waals surface area contributed by atoms with Crippen LogP contribution in [0, 0.1) is 6.92 Å². The Morgan fingerprint density at radius 2 is 2.21 bits per heavy atom. The molecule has 0 radical (unpaired) electrons. The lowest BCUT2D eigenvalue weighted by atomic mass is 10.1. The summed E-state index contributed by atoms with van der Waals surface area (Å²) in [7, 11) is 0. The molecule has 2 atom stereocenters. The summed E-state index contributed by atoms with van der Waals surface area (Å²) in [6.07, 6.45) is 0.344. The normalized spacial score (nSPS) is 13.5. The van der Waals surface area contributed by atoms with Crippen LogP contribution in [0.1, 0.15) is 31.1 Å². The third-order valence-corrected chi connectivity index (χ3v) is 2.71. The van der Waals surface area contributed by atoms with Crippen molar-refractivity contribution in [3.63, 3.8) is 0 Å². The van der Waals surface area contributed by atoms with Crippen molar-refractivity contribution in [1.82, 2.24) is 5.32 Å². The highest BCUT2D eigenvalue weighted by atomic mass is 16.5. The number of hydrogen-bond acceptors (Lipinski definition) is 3. The topological polar surface area (TPSA) is 58.6 Å². The number of hydrogen-bond donors (Lipinski definition) is 2. The first-order valence-corrected chi connectivity index (χ1v) is 6.29. The summed E-state index contributed by atoms with van der Waals surface area (Å²) in [5.74, 6) is 0.328. The predicted molar refractivity (Wildman–Crippen MR) is 75.1 cm³/mol. The Bertz CT molecular complexity index is 455. The van der Waals surface area contributed by atoms with Gasteiger partial charge in [-0.25, -0.2) is 0 Å². The summed E-state index contributed by atoms with van der Waals surface area (Å²) in [4.78, 5) is 11.7. The molecule has 2 N–H and O–H groups in total. The molecule has 1 amide bonds. The number of ether oxygens (including phenoxy) is 1. The average molecular weight is 263 g/mol. The van der Waals surface area contributed by atoms with E-state index in [-0.39, 0.29) is 5.91 Å². The Balaban J connectivity index is 2.83. The lowest BCUT2D eigenvalue weighted by Crippen LogP contribution is -2.36. The number of rotatable bonds is 6. The number of carbonyl (C=O) groups is 1. The van der Waals surface area contributed by atoms with Gasteiger partial charge in [0.1, 0.15) is 5.75 Å². The fraction of sp³-hybridized carbons (Fsp3) is 0.400. The maximum Gasteiger partial charge on any atom is 0.261 e. The standard InChI is InChI=1S/C15H21NO3/c1-5-8-16-15(18)12(4)19-14-9-10(2)6-7-13(14)11(3)17/h5-7,9,11-12,17H,1,8H2,2-4H3,(H,16,18)/t11-,12?/m1/s1. The number of nitrogens with one attached hydrogen (secondary N) is 1. The SMILES string of the molecule is C=CCNC(=O)C(C)Oc1cc(C)ccc1[C@@H](C)O. The Morgan fingerprint density at radius 3 is 2.79 bits per heavy atom. The van der Waals surface area contributed by atoms with Crippen LogP contribution < -0.4 is 10.1 Å². The molecule has 0 aromatic heterocycles. The molecule has 0 spiro atoms.